The van der Waals surface area contributed by atoms with Gasteiger partial charge in [0.25, 0.3) is 5.91 Å². The maximum absolute atomic E-state index is 12.8. The monoisotopic (exact) mass is 405 g/mol. The molecule has 0 saturated carbocycles. The highest BCUT2D eigenvalue weighted by Crippen LogP contribution is 2.21. The molecule has 3 N–H and O–H groups in total. The topological polar surface area (TPSA) is 98.7 Å². The van der Waals surface area contributed by atoms with Crippen molar-refractivity contribution in [1.29, 1.82) is 0 Å². The zero-order chi connectivity index (χ0) is 18.6. The molecule has 0 radical (unpaired) electrons. The fraction of sp³-hybridized carbons (Fsp3) is 0.588. The molecule has 2 rings (SSSR count). The number of benzene rings is 1. The number of halogens is 1. The lowest BCUT2D eigenvalue weighted by atomic mass is 10.1. The number of hydrogen-bond acceptors (Lipinski definition) is 5. The SMILES string of the molecule is CCN(CC)S(=O)(=O)c1cc(C(=O)NCC2CNCC2O)ccc1C.Cl. The van der Waals surface area contributed by atoms with Crippen LogP contribution in [0.1, 0.15) is 29.8 Å². The first kappa shape index (κ1) is 22.9. The molecule has 26 heavy (non-hydrogen) atoms. The molecule has 1 heterocycles. The maximum atomic E-state index is 12.8. The summed E-state index contributed by atoms with van der Waals surface area (Å²) in [6.45, 7) is 7.57. The van der Waals surface area contributed by atoms with Crippen LogP contribution < -0.4 is 10.6 Å². The summed E-state index contributed by atoms with van der Waals surface area (Å²) in [6, 6.07) is 4.70. The number of sulfonamides is 1. The molecule has 2 atom stereocenters. The summed E-state index contributed by atoms with van der Waals surface area (Å²) in [6.07, 6.45) is -0.475. The third-order valence-corrected chi connectivity index (χ3v) is 6.79. The van der Waals surface area contributed by atoms with Crippen molar-refractivity contribution in [3.63, 3.8) is 0 Å². The summed E-state index contributed by atoms with van der Waals surface area (Å²) in [7, 11) is -3.62. The first-order valence-electron chi connectivity index (χ1n) is 8.59. The summed E-state index contributed by atoms with van der Waals surface area (Å²) < 4.78 is 26.9. The lowest BCUT2D eigenvalue weighted by molar-refractivity contribution is 0.0927. The highest BCUT2D eigenvalue weighted by molar-refractivity contribution is 7.89. The van der Waals surface area contributed by atoms with Gasteiger partial charge in [-0.2, -0.15) is 4.31 Å². The lowest BCUT2D eigenvalue weighted by Crippen LogP contribution is -2.34. The fourth-order valence-corrected chi connectivity index (χ4v) is 4.68. The van der Waals surface area contributed by atoms with Crippen LogP contribution in [-0.4, -0.2) is 62.6 Å². The minimum absolute atomic E-state index is 0. The van der Waals surface area contributed by atoms with Gasteiger partial charge in [-0.05, 0) is 24.6 Å². The first-order chi connectivity index (χ1) is 11.8. The van der Waals surface area contributed by atoms with Crippen molar-refractivity contribution >= 4 is 28.3 Å². The predicted octanol–water partition coefficient (Wildman–Crippen LogP) is 0.757. The minimum atomic E-state index is -3.62. The van der Waals surface area contributed by atoms with Crippen LogP contribution in [0.4, 0.5) is 0 Å². The second-order valence-electron chi connectivity index (χ2n) is 6.27. The van der Waals surface area contributed by atoms with Gasteiger partial charge in [0.2, 0.25) is 10.0 Å². The lowest BCUT2D eigenvalue weighted by Gasteiger charge is -2.20. The minimum Gasteiger partial charge on any atom is -0.391 e. The second kappa shape index (κ2) is 9.66. The van der Waals surface area contributed by atoms with E-state index in [1.54, 1.807) is 32.9 Å². The largest absolute Gasteiger partial charge is 0.391 e. The van der Waals surface area contributed by atoms with Crippen molar-refractivity contribution in [2.24, 2.45) is 5.92 Å². The quantitative estimate of drug-likeness (QED) is 0.622. The molecule has 1 amide bonds. The Bertz CT molecular complexity index is 723. The Balaban J connectivity index is 0.00000338. The van der Waals surface area contributed by atoms with E-state index < -0.39 is 16.1 Å². The van der Waals surface area contributed by atoms with Crippen LogP contribution in [0.5, 0.6) is 0 Å². The molecule has 1 aliphatic heterocycles. The fourth-order valence-electron chi connectivity index (χ4n) is 2.98. The Morgan fingerprint density at radius 1 is 1.31 bits per heavy atom. The summed E-state index contributed by atoms with van der Waals surface area (Å²) in [5.41, 5.74) is 0.913. The van der Waals surface area contributed by atoms with E-state index in [2.05, 4.69) is 10.6 Å². The van der Waals surface area contributed by atoms with Crippen molar-refractivity contribution in [1.82, 2.24) is 14.9 Å². The molecule has 0 bridgehead atoms. The number of aliphatic hydroxyl groups excluding tert-OH is 1. The van der Waals surface area contributed by atoms with Gasteiger partial charge in [-0.1, -0.05) is 19.9 Å². The molecule has 0 aliphatic carbocycles. The summed E-state index contributed by atoms with van der Waals surface area (Å²) in [5.74, 6) is -0.372. The number of β-amino-alcohol motifs (C(OH)–C–C–N with tert-alkyl or cyclic N) is 1. The molecule has 2 unspecified atom stereocenters. The highest BCUT2D eigenvalue weighted by atomic mass is 35.5. The van der Waals surface area contributed by atoms with Gasteiger partial charge in [-0.15, -0.1) is 12.4 Å². The number of rotatable bonds is 7. The molecular formula is C17H28ClN3O4S. The Hall–Kier alpha value is -1.19. The van der Waals surface area contributed by atoms with E-state index in [1.165, 1.54) is 10.4 Å². The molecule has 148 valence electrons. The van der Waals surface area contributed by atoms with E-state index >= 15 is 0 Å². The van der Waals surface area contributed by atoms with Crippen molar-refractivity contribution in [2.45, 2.75) is 31.8 Å². The van der Waals surface area contributed by atoms with Gasteiger partial charge < -0.3 is 15.7 Å². The number of nitrogens with one attached hydrogen (secondary N) is 2. The molecule has 1 fully saturated rings. The molecule has 1 aromatic rings. The van der Waals surface area contributed by atoms with Crippen molar-refractivity contribution in [2.75, 3.05) is 32.7 Å². The van der Waals surface area contributed by atoms with Crippen LogP contribution in [0.25, 0.3) is 0 Å². The van der Waals surface area contributed by atoms with Crippen LogP contribution in [-0.2, 0) is 10.0 Å². The van der Waals surface area contributed by atoms with Crippen molar-refractivity contribution in [3.8, 4) is 0 Å². The molecule has 1 aromatic carbocycles. The van der Waals surface area contributed by atoms with Crippen LogP contribution in [0.3, 0.4) is 0 Å². The van der Waals surface area contributed by atoms with Crippen LogP contribution in [0, 0.1) is 12.8 Å². The van der Waals surface area contributed by atoms with Gasteiger partial charge in [0, 0.05) is 44.2 Å². The number of amides is 1. The van der Waals surface area contributed by atoms with Crippen LogP contribution in [0.2, 0.25) is 0 Å². The van der Waals surface area contributed by atoms with Gasteiger partial charge in [0.15, 0.2) is 0 Å². The average Bonchev–Trinajstić information content (AvgIpc) is 2.98. The van der Waals surface area contributed by atoms with Gasteiger partial charge >= 0.3 is 0 Å². The summed E-state index contributed by atoms with van der Waals surface area (Å²) >= 11 is 0. The highest BCUT2D eigenvalue weighted by Gasteiger charge is 2.27. The molecule has 0 spiro atoms. The number of carbonyl (C=O) groups is 1. The molecule has 7 nitrogen and oxygen atoms in total. The van der Waals surface area contributed by atoms with Gasteiger partial charge in [-0.25, -0.2) is 8.42 Å². The van der Waals surface area contributed by atoms with E-state index in [-0.39, 0.29) is 29.1 Å². The van der Waals surface area contributed by atoms with Gasteiger partial charge in [0.1, 0.15) is 0 Å². The molecule has 0 aromatic heterocycles. The van der Waals surface area contributed by atoms with Crippen LogP contribution in [0.15, 0.2) is 23.1 Å². The van der Waals surface area contributed by atoms with Crippen molar-refractivity contribution < 1.29 is 18.3 Å². The normalized spacial score (nSPS) is 20.0. The number of aryl methyl sites for hydroxylation is 1. The third kappa shape index (κ3) is 4.95. The van der Waals surface area contributed by atoms with E-state index in [9.17, 15) is 18.3 Å². The number of hydrogen-bond donors (Lipinski definition) is 3. The van der Waals surface area contributed by atoms with E-state index in [0.717, 1.165) is 0 Å². The number of aliphatic hydroxyl groups is 1. The predicted molar refractivity (Wildman–Crippen MR) is 103 cm³/mol. The second-order valence-corrected chi connectivity index (χ2v) is 8.17. The third-order valence-electron chi connectivity index (χ3n) is 4.60. The Kier molecular flexibility index (Phi) is 8.49. The smallest absolute Gasteiger partial charge is 0.251 e. The average molecular weight is 406 g/mol. The van der Waals surface area contributed by atoms with Crippen molar-refractivity contribution in [3.05, 3.63) is 29.3 Å². The van der Waals surface area contributed by atoms with Gasteiger partial charge in [-0.3, -0.25) is 4.79 Å². The molecule has 1 saturated heterocycles. The van der Waals surface area contributed by atoms with E-state index in [0.29, 0.717) is 43.9 Å². The summed E-state index contributed by atoms with van der Waals surface area (Å²) in [4.78, 5) is 12.5. The Morgan fingerprint density at radius 3 is 2.50 bits per heavy atom. The zero-order valence-corrected chi connectivity index (χ0v) is 17.0. The Labute approximate surface area is 161 Å². The van der Waals surface area contributed by atoms with Crippen LogP contribution >= 0.6 is 12.4 Å². The zero-order valence-electron chi connectivity index (χ0n) is 15.4. The van der Waals surface area contributed by atoms with E-state index in [4.69, 9.17) is 0 Å². The molecule has 9 heteroatoms. The number of nitrogens with zero attached hydrogens (tertiary/aromatic N) is 1. The summed E-state index contributed by atoms with van der Waals surface area (Å²) in [5, 5.41) is 15.6. The number of carbonyl (C=O) groups excluding carboxylic acids is 1. The standard InChI is InChI=1S/C17H27N3O4S.ClH/c1-4-20(5-2)25(23,24)16-8-13(7-6-12(16)3)17(22)19-10-14-9-18-11-15(14)21;/h6-8,14-15,18,21H,4-5,9-11H2,1-3H3,(H,19,22);1H. The van der Waals surface area contributed by atoms with E-state index in [1.807, 2.05) is 0 Å². The molecular weight excluding hydrogens is 378 g/mol. The molecule has 1 aliphatic rings. The first-order valence-corrected chi connectivity index (χ1v) is 10.0. The Morgan fingerprint density at radius 2 is 1.96 bits per heavy atom. The van der Waals surface area contributed by atoms with Gasteiger partial charge in [0.05, 0.1) is 11.0 Å². The maximum Gasteiger partial charge on any atom is 0.251 e.